The molecular formula is C73H92N8O12S4. The highest BCUT2D eigenvalue weighted by atomic mass is 32.2. The average Bonchev–Trinajstić information content (AvgIpc) is 1.61. The third-order valence-electron chi connectivity index (χ3n) is 19.5. The Morgan fingerprint density at radius 3 is 0.825 bits per heavy atom. The van der Waals surface area contributed by atoms with Gasteiger partial charge in [0, 0.05) is 86.3 Å². The summed E-state index contributed by atoms with van der Waals surface area (Å²) in [5, 5.41) is 20.9. The van der Waals surface area contributed by atoms with E-state index in [0.717, 1.165) is 98.4 Å². The Labute approximate surface area is 589 Å². The van der Waals surface area contributed by atoms with Crippen LogP contribution in [0.4, 0.5) is 0 Å². The SMILES string of the molecule is [C-]#[N+]/C(C(=O)OCC(COC(=O)/C(C#N)=C1\CC(C)(C)CC(N2CCCC2)=C1C(=O)SC)(COC(=O)/C(C#N)=C1\CC(C)(C)CC(N2CCCC2)=C1C(=O)SC)COC(=O)/C([N+]#[C-])=C1/CC(C)(C)CC(N2CCCC2)=C1C(=O)SC)=C1/CC(C)(C)CC(N2CCCC2)=C1C(=O)SC. The van der Waals surface area contributed by atoms with Gasteiger partial charge in [0.2, 0.25) is 20.5 Å². The molecule has 24 heteroatoms. The molecule has 4 aliphatic carbocycles. The predicted octanol–water partition coefficient (Wildman–Crippen LogP) is 12.4. The van der Waals surface area contributed by atoms with Gasteiger partial charge in [0.25, 0.3) is 11.4 Å². The van der Waals surface area contributed by atoms with E-state index in [0.29, 0.717) is 101 Å². The van der Waals surface area contributed by atoms with E-state index < -0.39 is 99.9 Å². The van der Waals surface area contributed by atoms with E-state index in [-0.39, 0.29) is 90.7 Å². The number of thioether (sulfide) groups is 4. The van der Waals surface area contributed by atoms with Crippen LogP contribution in [-0.4, -0.2) is 168 Å². The minimum absolute atomic E-state index is 0.110. The van der Waals surface area contributed by atoms with Crippen molar-refractivity contribution in [3.63, 3.8) is 0 Å². The van der Waals surface area contributed by atoms with Gasteiger partial charge in [0.15, 0.2) is 0 Å². The lowest BCUT2D eigenvalue weighted by Crippen LogP contribution is -2.44. The number of allylic oxidation sites excluding steroid dienone is 8. The van der Waals surface area contributed by atoms with E-state index in [1.54, 1.807) is 25.0 Å². The number of esters is 4. The van der Waals surface area contributed by atoms with Crippen LogP contribution in [0.5, 0.6) is 0 Å². The molecule has 0 spiro atoms. The Morgan fingerprint density at radius 2 is 0.608 bits per heavy atom. The molecule has 520 valence electrons. The molecule has 0 bridgehead atoms. The van der Waals surface area contributed by atoms with Crippen LogP contribution in [0.2, 0.25) is 0 Å². The summed E-state index contributed by atoms with van der Waals surface area (Å²) in [5.41, 5.74) is -2.29. The highest BCUT2D eigenvalue weighted by Crippen LogP contribution is 2.51. The summed E-state index contributed by atoms with van der Waals surface area (Å²) >= 11 is 3.76. The zero-order valence-electron chi connectivity index (χ0n) is 58.4. The van der Waals surface area contributed by atoms with E-state index >= 15 is 19.2 Å². The number of nitriles is 2. The summed E-state index contributed by atoms with van der Waals surface area (Å²) in [6.07, 6.45) is 15.8. The van der Waals surface area contributed by atoms with Crippen molar-refractivity contribution in [1.29, 1.82) is 10.5 Å². The highest BCUT2D eigenvalue weighted by molar-refractivity contribution is 8.14. The third-order valence-corrected chi connectivity index (χ3v) is 21.8. The van der Waals surface area contributed by atoms with Crippen LogP contribution < -0.4 is 0 Å². The Kier molecular flexibility index (Phi) is 24.9. The van der Waals surface area contributed by atoms with Crippen molar-refractivity contribution < 1.29 is 57.3 Å². The van der Waals surface area contributed by atoms with Gasteiger partial charge in [-0.2, -0.15) is 10.5 Å². The van der Waals surface area contributed by atoms with Crippen molar-refractivity contribution in [2.75, 3.05) is 104 Å². The van der Waals surface area contributed by atoms with Crippen LogP contribution in [-0.2, 0) is 57.3 Å². The zero-order chi connectivity index (χ0) is 71.0. The third kappa shape index (κ3) is 17.4. The smallest absolute Gasteiger partial charge is 0.349 e. The first-order valence-electron chi connectivity index (χ1n) is 33.4. The van der Waals surface area contributed by atoms with Crippen LogP contribution in [0.1, 0.15) is 158 Å². The summed E-state index contributed by atoms with van der Waals surface area (Å²) in [6.45, 7) is 34.4. The highest BCUT2D eigenvalue weighted by Gasteiger charge is 2.47. The summed E-state index contributed by atoms with van der Waals surface area (Å²) in [4.78, 5) is 134. The average molecular weight is 1400 g/mol. The summed E-state index contributed by atoms with van der Waals surface area (Å²) in [5.74, 6) is -4.93. The first-order valence-corrected chi connectivity index (χ1v) is 38.3. The molecule has 4 heterocycles. The monoisotopic (exact) mass is 1400 g/mol. The molecule has 8 aliphatic rings. The normalized spacial score (nSPS) is 22.8. The van der Waals surface area contributed by atoms with Gasteiger partial charge >= 0.3 is 23.9 Å². The predicted molar refractivity (Wildman–Crippen MR) is 376 cm³/mol. The molecule has 97 heavy (non-hydrogen) atoms. The van der Waals surface area contributed by atoms with Gasteiger partial charge in [0.05, 0.1) is 24.3 Å². The van der Waals surface area contributed by atoms with Crippen LogP contribution in [0.3, 0.4) is 0 Å². The second-order valence-corrected chi connectivity index (χ2v) is 32.8. The lowest BCUT2D eigenvalue weighted by molar-refractivity contribution is -0.165. The maximum absolute atomic E-state index is 15.3. The molecule has 0 aromatic heterocycles. The molecule has 4 fully saturated rings. The maximum Gasteiger partial charge on any atom is 0.349 e. The van der Waals surface area contributed by atoms with Crippen molar-refractivity contribution in [3.05, 3.63) is 113 Å². The molecule has 4 aliphatic heterocycles. The molecule has 0 saturated carbocycles. The molecule has 0 aromatic carbocycles. The van der Waals surface area contributed by atoms with E-state index in [4.69, 9.17) is 32.1 Å². The van der Waals surface area contributed by atoms with E-state index in [9.17, 15) is 29.7 Å². The number of carbonyl (C=O) groups excluding carboxylic acids is 8. The first-order chi connectivity index (χ1) is 45.9. The number of hydrogen-bond acceptors (Lipinski definition) is 22. The standard InChI is InChI=1S/C73H92N8O12S4/c1-69(2)31-45(55(65(86)94-11)51(35-69)78-23-15-16-24-78)49(39-74)61(82)90-41-73(42-91-62(83)50(40-75)46-32-70(3,4)36-52(56(46)66(87)95-12)79-25-17-18-26-79,43-92-63(84)59(76-9)47-33-71(5,6)37-53(57(47)67(88)96-13)80-27-19-20-28-80)44-93-64(85)60(77-10)48-34-72(7,8)38-54(58(48)68(89)97-14)81-29-21-22-30-81/h15-38,41-44H2,1-8,11-14H3/b49-45+,50-46+,59-47-,60-48+. The molecule has 0 atom stereocenters. The van der Waals surface area contributed by atoms with Crippen LogP contribution in [0.15, 0.2) is 89.9 Å². The van der Waals surface area contributed by atoms with E-state index in [1.165, 1.54) is 0 Å². The molecule has 0 amide bonds. The van der Waals surface area contributed by atoms with Gasteiger partial charge in [-0.05, 0) is 172 Å². The van der Waals surface area contributed by atoms with Gasteiger partial charge < -0.3 is 38.5 Å². The van der Waals surface area contributed by atoms with Crippen LogP contribution >= 0.6 is 47.0 Å². The minimum Gasteiger partial charge on any atom is -0.470 e. The molecule has 4 saturated heterocycles. The second-order valence-electron chi connectivity index (χ2n) is 29.7. The number of nitrogens with zero attached hydrogens (tertiary/aromatic N) is 8. The zero-order valence-corrected chi connectivity index (χ0v) is 61.7. The lowest BCUT2D eigenvalue weighted by Gasteiger charge is -2.39. The Morgan fingerprint density at radius 1 is 0.392 bits per heavy atom. The van der Waals surface area contributed by atoms with E-state index in [1.807, 2.05) is 67.5 Å². The van der Waals surface area contributed by atoms with Crippen molar-refractivity contribution in [2.24, 2.45) is 27.1 Å². The van der Waals surface area contributed by atoms with Crippen molar-refractivity contribution in [2.45, 2.75) is 158 Å². The number of likely N-dealkylation sites (tertiary alicyclic amines) is 4. The second kappa shape index (κ2) is 31.9. The molecular weight excluding hydrogens is 1310 g/mol. The van der Waals surface area contributed by atoms with Gasteiger partial charge in [0.1, 0.15) is 55.1 Å². The van der Waals surface area contributed by atoms with Gasteiger partial charge in [-0.15, -0.1) is 0 Å². The fourth-order valence-corrected chi connectivity index (χ4v) is 16.7. The molecule has 0 radical (unpaired) electrons. The van der Waals surface area contributed by atoms with Gasteiger partial charge in [-0.3, -0.25) is 28.8 Å². The Hall–Kier alpha value is -6.96. The van der Waals surface area contributed by atoms with Crippen LogP contribution in [0.25, 0.3) is 9.69 Å². The molecule has 8 rings (SSSR count). The number of ether oxygens (including phenoxy) is 4. The first kappa shape index (κ1) is 75.8. The summed E-state index contributed by atoms with van der Waals surface area (Å²) in [7, 11) is 0. The molecule has 0 unspecified atom stereocenters. The molecule has 0 aromatic rings. The lowest BCUT2D eigenvalue weighted by atomic mass is 9.72. The van der Waals surface area contributed by atoms with Crippen molar-refractivity contribution >= 4 is 91.4 Å². The van der Waals surface area contributed by atoms with E-state index in [2.05, 4.69) is 29.3 Å². The fraction of sp³-hybridized carbons (Fsp3) is 0.616. The molecule has 0 N–H and O–H groups in total. The largest absolute Gasteiger partial charge is 0.470 e. The van der Waals surface area contributed by atoms with Gasteiger partial charge in [-0.1, -0.05) is 102 Å². The molecule has 20 nitrogen and oxygen atoms in total. The topological polar surface area (TPSA) is 243 Å². The number of rotatable bonds is 20. The fourth-order valence-electron chi connectivity index (χ4n) is 15.0. The Bertz CT molecular complexity index is 3220. The summed E-state index contributed by atoms with van der Waals surface area (Å²) < 4.78 is 25.0. The van der Waals surface area contributed by atoms with Crippen molar-refractivity contribution in [3.8, 4) is 12.1 Å². The number of hydrogen-bond donors (Lipinski definition) is 0. The summed E-state index contributed by atoms with van der Waals surface area (Å²) in [6, 6.07) is 4.08. The Balaban J connectivity index is 1.33. The quantitative estimate of drug-likeness (QED) is 0.0361. The van der Waals surface area contributed by atoms with Crippen molar-refractivity contribution in [1.82, 2.24) is 19.6 Å². The van der Waals surface area contributed by atoms with Crippen LogP contribution in [0, 0.1) is 62.9 Å². The van der Waals surface area contributed by atoms with Gasteiger partial charge in [-0.25, -0.2) is 19.3 Å². The maximum atomic E-state index is 15.3. The number of carbonyl (C=O) groups is 8. The minimum atomic E-state index is -2.26.